The molecule has 0 spiro atoms. The summed E-state index contributed by atoms with van der Waals surface area (Å²) < 4.78 is 5.46. The van der Waals surface area contributed by atoms with Crippen molar-refractivity contribution in [1.82, 2.24) is 15.2 Å². The predicted molar refractivity (Wildman–Crippen MR) is 71.6 cm³/mol. The molecule has 0 saturated heterocycles. The average Bonchev–Trinajstić information content (AvgIpc) is 3.08. The van der Waals surface area contributed by atoms with E-state index in [4.69, 9.17) is 4.42 Å². The Morgan fingerprint density at radius 2 is 2.50 bits per heavy atom. The van der Waals surface area contributed by atoms with Gasteiger partial charge in [0.15, 0.2) is 5.96 Å². The monoisotopic (exact) mass is 262 g/mol. The molecule has 0 atom stereocenters. The molecule has 0 amide bonds. The molecule has 3 heterocycles. The standard InChI is InChI=1S/C12H14N4OS/c1-16-5-4-13-12(16)14-7-9-8-17-11(15-9)10-3-2-6-18-10/h2-3,6,8H,4-5,7H2,1H3,(H,13,14). The summed E-state index contributed by atoms with van der Waals surface area (Å²) in [7, 11) is 2.03. The SMILES string of the molecule is CN1CCN=C1NCc1coc(-c2cccs2)n1. The zero-order valence-corrected chi connectivity index (χ0v) is 10.9. The molecule has 0 aliphatic carbocycles. The molecule has 0 unspecified atom stereocenters. The maximum Gasteiger partial charge on any atom is 0.236 e. The van der Waals surface area contributed by atoms with Crippen molar-refractivity contribution in [2.75, 3.05) is 20.1 Å². The average molecular weight is 262 g/mol. The Kier molecular flexibility index (Phi) is 3.02. The molecular weight excluding hydrogens is 248 g/mol. The number of aromatic nitrogens is 1. The van der Waals surface area contributed by atoms with Crippen molar-refractivity contribution in [1.29, 1.82) is 0 Å². The summed E-state index contributed by atoms with van der Waals surface area (Å²) in [6.45, 7) is 2.47. The second-order valence-corrected chi connectivity index (χ2v) is 5.05. The van der Waals surface area contributed by atoms with Gasteiger partial charge >= 0.3 is 0 Å². The van der Waals surface area contributed by atoms with Crippen molar-refractivity contribution >= 4 is 17.3 Å². The van der Waals surface area contributed by atoms with Crippen LogP contribution >= 0.6 is 11.3 Å². The number of nitrogens with zero attached hydrogens (tertiary/aromatic N) is 3. The van der Waals surface area contributed by atoms with Gasteiger partial charge in [-0.1, -0.05) is 6.07 Å². The van der Waals surface area contributed by atoms with Gasteiger partial charge in [-0.2, -0.15) is 0 Å². The molecule has 5 nitrogen and oxygen atoms in total. The minimum atomic E-state index is 0.637. The number of rotatable bonds is 3. The molecule has 2 aromatic rings. The number of likely N-dealkylation sites (N-methyl/N-ethyl adjacent to an activating group) is 1. The van der Waals surface area contributed by atoms with Crippen LogP contribution in [0.3, 0.4) is 0 Å². The highest BCUT2D eigenvalue weighted by atomic mass is 32.1. The number of aliphatic imine (C=N–C) groups is 1. The Balaban J connectivity index is 1.64. The molecule has 0 saturated carbocycles. The van der Waals surface area contributed by atoms with Gasteiger partial charge in [-0.05, 0) is 11.4 Å². The van der Waals surface area contributed by atoms with Gasteiger partial charge < -0.3 is 14.6 Å². The zero-order valence-electron chi connectivity index (χ0n) is 10.1. The third-order valence-corrected chi connectivity index (χ3v) is 3.63. The van der Waals surface area contributed by atoms with E-state index in [0.29, 0.717) is 12.4 Å². The van der Waals surface area contributed by atoms with E-state index < -0.39 is 0 Å². The number of oxazole rings is 1. The van der Waals surface area contributed by atoms with Crippen molar-refractivity contribution in [3.8, 4) is 10.8 Å². The summed E-state index contributed by atoms with van der Waals surface area (Å²) in [6.07, 6.45) is 1.69. The quantitative estimate of drug-likeness (QED) is 0.916. The van der Waals surface area contributed by atoms with E-state index >= 15 is 0 Å². The lowest BCUT2D eigenvalue weighted by Crippen LogP contribution is -2.35. The van der Waals surface area contributed by atoms with Gasteiger partial charge in [0.05, 0.1) is 23.7 Å². The number of hydrogen-bond acceptors (Lipinski definition) is 6. The first-order valence-electron chi connectivity index (χ1n) is 5.80. The molecule has 1 aliphatic heterocycles. The van der Waals surface area contributed by atoms with Gasteiger partial charge in [0.2, 0.25) is 5.89 Å². The van der Waals surface area contributed by atoms with Crippen LogP contribution in [0.1, 0.15) is 5.69 Å². The fourth-order valence-corrected chi connectivity index (χ4v) is 2.45. The molecule has 6 heteroatoms. The van der Waals surface area contributed by atoms with Crippen molar-refractivity contribution in [2.24, 2.45) is 4.99 Å². The first kappa shape index (κ1) is 11.3. The molecule has 0 aromatic carbocycles. The maximum atomic E-state index is 5.46. The first-order chi connectivity index (χ1) is 8.83. The zero-order chi connectivity index (χ0) is 12.4. The van der Waals surface area contributed by atoms with E-state index in [2.05, 4.69) is 20.2 Å². The summed E-state index contributed by atoms with van der Waals surface area (Å²) in [5.74, 6) is 1.61. The Morgan fingerprint density at radius 1 is 1.56 bits per heavy atom. The molecule has 0 fully saturated rings. The van der Waals surface area contributed by atoms with Gasteiger partial charge in [-0.3, -0.25) is 4.99 Å². The van der Waals surface area contributed by atoms with Crippen molar-refractivity contribution in [3.05, 3.63) is 29.5 Å². The Labute approximate surface area is 109 Å². The fraction of sp³-hybridized carbons (Fsp3) is 0.333. The maximum absolute atomic E-state index is 5.46. The molecular formula is C12H14N4OS. The Bertz CT molecular complexity index is 546. The summed E-state index contributed by atoms with van der Waals surface area (Å²) >= 11 is 1.62. The molecule has 1 aliphatic rings. The fourth-order valence-electron chi connectivity index (χ4n) is 1.79. The van der Waals surface area contributed by atoms with Crippen LogP contribution in [0.5, 0.6) is 0 Å². The second-order valence-electron chi connectivity index (χ2n) is 4.10. The minimum Gasteiger partial charge on any atom is -0.443 e. The summed E-state index contributed by atoms with van der Waals surface area (Å²) in [5, 5.41) is 5.28. The number of guanidine groups is 1. The highest BCUT2D eigenvalue weighted by molar-refractivity contribution is 7.13. The van der Waals surface area contributed by atoms with Crippen molar-refractivity contribution in [3.63, 3.8) is 0 Å². The van der Waals surface area contributed by atoms with Crippen LogP contribution in [-0.4, -0.2) is 36.0 Å². The highest BCUT2D eigenvalue weighted by Gasteiger charge is 2.13. The van der Waals surface area contributed by atoms with Crippen molar-refractivity contribution < 1.29 is 4.42 Å². The van der Waals surface area contributed by atoms with E-state index in [1.54, 1.807) is 17.6 Å². The smallest absolute Gasteiger partial charge is 0.236 e. The highest BCUT2D eigenvalue weighted by Crippen LogP contribution is 2.23. The van der Waals surface area contributed by atoms with Crippen LogP contribution in [0.25, 0.3) is 10.8 Å². The van der Waals surface area contributed by atoms with E-state index in [9.17, 15) is 0 Å². The van der Waals surface area contributed by atoms with Gasteiger partial charge in [0.1, 0.15) is 6.26 Å². The predicted octanol–water partition coefficient (Wildman–Crippen LogP) is 1.79. The molecule has 2 aromatic heterocycles. The molecule has 0 radical (unpaired) electrons. The van der Waals surface area contributed by atoms with Crippen LogP contribution in [0.2, 0.25) is 0 Å². The Morgan fingerprint density at radius 3 is 3.22 bits per heavy atom. The van der Waals surface area contributed by atoms with Gasteiger partial charge in [0.25, 0.3) is 0 Å². The van der Waals surface area contributed by atoms with Crippen LogP contribution in [0, 0.1) is 0 Å². The number of nitrogens with one attached hydrogen (secondary N) is 1. The first-order valence-corrected chi connectivity index (χ1v) is 6.68. The molecule has 94 valence electrons. The number of hydrogen-bond donors (Lipinski definition) is 1. The second kappa shape index (κ2) is 4.81. The van der Waals surface area contributed by atoms with Crippen LogP contribution < -0.4 is 5.32 Å². The lowest BCUT2D eigenvalue weighted by atomic mass is 10.4. The van der Waals surface area contributed by atoms with Gasteiger partial charge in [0, 0.05) is 13.6 Å². The van der Waals surface area contributed by atoms with Crippen molar-refractivity contribution in [2.45, 2.75) is 6.54 Å². The lowest BCUT2D eigenvalue weighted by Gasteiger charge is -2.13. The van der Waals surface area contributed by atoms with Gasteiger partial charge in [-0.15, -0.1) is 11.3 Å². The minimum absolute atomic E-state index is 0.637. The largest absolute Gasteiger partial charge is 0.443 e. The van der Waals surface area contributed by atoms with E-state index in [-0.39, 0.29) is 0 Å². The summed E-state index contributed by atoms with van der Waals surface area (Å²) in [5.41, 5.74) is 0.890. The topological polar surface area (TPSA) is 53.7 Å². The molecule has 1 N–H and O–H groups in total. The molecule has 0 bridgehead atoms. The van der Waals surface area contributed by atoms with Crippen LogP contribution in [0.4, 0.5) is 0 Å². The summed E-state index contributed by atoms with van der Waals surface area (Å²) in [6, 6.07) is 3.99. The van der Waals surface area contributed by atoms with E-state index in [1.807, 2.05) is 24.6 Å². The van der Waals surface area contributed by atoms with Gasteiger partial charge in [-0.25, -0.2) is 4.98 Å². The normalized spacial score (nSPS) is 14.9. The number of thiophene rings is 1. The van der Waals surface area contributed by atoms with Crippen LogP contribution in [-0.2, 0) is 6.54 Å². The molecule has 18 heavy (non-hydrogen) atoms. The third-order valence-electron chi connectivity index (χ3n) is 2.77. The Hall–Kier alpha value is -1.82. The van der Waals surface area contributed by atoms with Crippen LogP contribution in [0.15, 0.2) is 33.2 Å². The van der Waals surface area contributed by atoms with E-state index in [0.717, 1.165) is 29.6 Å². The lowest BCUT2D eigenvalue weighted by molar-refractivity contribution is 0.532. The molecule has 3 rings (SSSR count). The third kappa shape index (κ3) is 2.24. The van der Waals surface area contributed by atoms with E-state index in [1.165, 1.54) is 0 Å². The summed E-state index contributed by atoms with van der Waals surface area (Å²) in [4.78, 5) is 12.0.